The first kappa shape index (κ1) is 8.75. The number of nitrogens with zero attached hydrogens (tertiary/aromatic N) is 1. The van der Waals surface area contributed by atoms with Crippen molar-refractivity contribution in [2.75, 3.05) is 13.1 Å². The molecule has 1 aliphatic heterocycles. The molecule has 1 saturated heterocycles. The van der Waals surface area contributed by atoms with Gasteiger partial charge in [0.25, 0.3) is 5.91 Å². The number of aryl methyl sites for hydroxylation is 1. The maximum atomic E-state index is 11.9. The molecule has 0 atom stereocenters. The molecule has 0 aromatic carbocycles. The van der Waals surface area contributed by atoms with Gasteiger partial charge in [-0.25, -0.2) is 0 Å². The number of hydrogen-bond acceptors (Lipinski definition) is 2. The molecule has 2 nitrogen and oxygen atoms in total. The van der Waals surface area contributed by atoms with Gasteiger partial charge in [-0.15, -0.1) is 11.3 Å². The first-order valence-electron chi connectivity index (χ1n) is 4.62. The lowest BCUT2D eigenvalue weighted by atomic mass is 10.3. The van der Waals surface area contributed by atoms with Crippen LogP contribution in [0.15, 0.2) is 11.4 Å². The first-order chi connectivity index (χ1) is 6.29. The highest BCUT2D eigenvalue weighted by Crippen LogP contribution is 2.20. The van der Waals surface area contributed by atoms with Crippen molar-refractivity contribution in [2.24, 2.45) is 0 Å². The molecule has 0 N–H and O–H groups in total. The number of hydrogen-bond donors (Lipinski definition) is 0. The van der Waals surface area contributed by atoms with E-state index in [-0.39, 0.29) is 5.91 Å². The molecule has 0 spiro atoms. The molecule has 1 aromatic rings. The van der Waals surface area contributed by atoms with Crippen molar-refractivity contribution in [1.82, 2.24) is 4.90 Å². The summed E-state index contributed by atoms with van der Waals surface area (Å²) in [4.78, 5) is 14.7. The predicted molar refractivity (Wildman–Crippen MR) is 54.2 cm³/mol. The van der Waals surface area contributed by atoms with Crippen LogP contribution < -0.4 is 0 Å². The monoisotopic (exact) mass is 195 g/mol. The summed E-state index contributed by atoms with van der Waals surface area (Å²) in [5.41, 5.74) is 1.11. The van der Waals surface area contributed by atoms with Crippen LogP contribution in [0.1, 0.15) is 28.1 Å². The molecule has 1 aromatic heterocycles. The molecular formula is C10H13NOS. The summed E-state index contributed by atoms with van der Waals surface area (Å²) >= 11 is 1.55. The molecule has 0 radical (unpaired) electrons. The highest BCUT2D eigenvalue weighted by Gasteiger charge is 2.21. The molecule has 13 heavy (non-hydrogen) atoms. The van der Waals surface area contributed by atoms with Crippen molar-refractivity contribution in [2.45, 2.75) is 19.8 Å². The Bertz CT molecular complexity index is 312. The van der Waals surface area contributed by atoms with Crippen LogP contribution in [0.25, 0.3) is 0 Å². The highest BCUT2D eigenvalue weighted by atomic mass is 32.1. The minimum Gasteiger partial charge on any atom is -0.338 e. The second kappa shape index (κ2) is 3.50. The summed E-state index contributed by atoms with van der Waals surface area (Å²) in [5, 5.41) is 1.98. The van der Waals surface area contributed by atoms with E-state index in [1.165, 1.54) is 0 Å². The maximum Gasteiger partial charge on any atom is 0.264 e. The largest absolute Gasteiger partial charge is 0.338 e. The number of rotatable bonds is 1. The molecule has 3 heteroatoms. The van der Waals surface area contributed by atoms with Crippen LogP contribution in [-0.2, 0) is 0 Å². The summed E-state index contributed by atoms with van der Waals surface area (Å²) in [6.07, 6.45) is 2.33. The van der Waals surface area contributed by atoms with Gasteiger partial charge in [-0.05, 0) is 36.8 Å². The van der Waals surface area contributed by atoms with Crippen LogP contribution in [0, 0.1) is 6.92 Å². The Labute approximate surface area is 82.2 Å². The Balaban J connectivity index is 2.17. The Morgan fingerprint density at radius 1 is 1.46 bits per heavy atom. The fraction of sp³-hybridized carbons (Fsp3) is 0.500. The van der Waals surface area contributed by atoms with Crippen molar-refractivity contribution >= 4 is 17.2 Å². The zero-order chi connectivity index (χ0) is 9.26. The van der Waals surface area contributed by atoms with E-state index in [9.17, 15) is 4.79 Å². The summed E-state index contributed by atoms with van der Waals surface area (Å²) in [6.45, 7) is 3.88. The Hall–Kier alpha value is -0.830. The van der Waals surface area contributed by atoms with E-state index in [1.54, 1.807) is 11.3 Å². The zero-order valence-corrected chi connectivity index (χ0v) is 8.56. The molecule has 0 saturated carbocycles. The van der Waals surface area contributed by atoms with Gasteiger partial charge in [0.2, 0.25) is 0 Å². The molecule has 1 amide bonds. The van der Waals surface area contributed by atoms with Gasteiger partial charge >= 0.3 is 0 Å². The smallest absolute Gasteiger partial charge is 0.264 e. The van der Waals surface area contributed by atoms with Gasteiger partial charge in [0.15, 0.2) is 0 Å². The minimum atomic E-state index is 0.227. The third kappa shape index (κ3) is 1.61. The predicted octanol–water partition coefficient (Wildman–Crippen LogP) is 2.29. The maximum absolute atomic E-state index is 11.9. The van der Waals surface area contributed by atoms with E-state index >= 15 is 0 Å². The Morgan fingerprint density at radius 2 is 2.15 bits per heavy atom. The van der Waals surface area contributed by atoms with E-state index in [2.05, 4.69) is 0 Å². The second-order valence-electron chi connectivity index (χ2n) is 3.43. The fourth-order valence-electron chi connectivity index (χ4n) is 1.66. The van der Waals surface area contributed by atoms with Crippen LogP contribution in [0.3, 0.4) is 0 Å². The van der Waals surface area contributed by atoms with Gasteiger partial charge in [-0.2, -0.15) is 0 Å². The van der Waals surface area contributed by atoms with Crippen LogP contribution >= 0.6 is 11.3 Å². The fourth-order valence-corrected chi connectivity index (χ4v) is 2.55. The van der Waals surface area contributed by atoms with E-state index < -0.39 is 0 Å². The summed E-state index contributed by atoms with van der Waals surface area (Å²) in [7, 11) is 0. The molecular weight excluding hydrogens is 182 g/mol. The van der Waals surface area contributed by atoms with Crippen LogP contribution in [-0.4, -0.2) is 23.9 Å². The molecule has 0 aliphatic carbocycles. The molecule has 1 aliphatic rings. The average molecular weight is 195 g/mol. The van der Waals surface area contributed by atoms with Gasteiger partial charge in [0, 0.05) is 13.1 Å². The summed E-state index contributed by atoms with van der Waals surface area (Å²) in [6, 6.07) is 2.01. The van der Waals surface area contributed by atoms with E-state index in [0.29, 0.717) is 0 Å². The van der Waals surface area contributed by atoms with Crippen LogP contribution in [0.4, 0.5) is 0 Å². The van der Waals surface area contributed by atoms with Gasteiger partial charge in [-0.3, -0.25) is 4.79 Å². The summed E-state index contributed by atoms with van der Waals surface area (Å²) in [5.74, 6) is 0.227. The van der Waals surface area contributed by atoms with Crippen molar-refractivity contribution in [3.8, 4) is 0 Å². The molecule has 70 valence electrons. The van der Waals surface area contributed by atoms with Crippen molar-refractivity contribution in [3.05, 3.63) is 21.9 Å². The van der Waals surface area contributed by atoms with E-state index in [0.717, 1.165) is 36.4 Å². The molecule has 0 unspecified atom stereocenters. The number of likely N-dealkylation sites (tertiary alicyclic amines) is 1. The first-order valence-corrected chi connectivity index (χ1v) is 5.50. The quantitative estimate of drug-likeness (QED) is 0.673. The van der Waals surface area contributed by atoms with Gasteiger partial charge < -0.3 is 4.90 Å². The van der Waals surface area contributed by atoms with Crippen molar-refractivity contribution < 1.29 is 4.79 Å². The lowest BCUT2D eigenvalue weighted by molar-refractivity contribution is 0.0797. The molecule has 1 fully saturated rings. The van der Waals surface area contributed by atoms with E-state index in [4.69, 9.17) is 0 Å². The number of amides is 1. The average Bonchev–Trinajstić information content (AvgIpc) is 2.72. The minimum absolute atomic E-state index is 0.227. The van der Waals surface area contributed by atoms with Crippen LogP contribution in [0.2, 0.25) is 0 Å². The number of thiophene rings is 1. The SMILES string of the molecule is Cc1ccsc1C(=O)N1CCCC1. The second-order valence-corrected chi connectivity index (χ2v) is 4.35. The van der Waals surface area contributed by atoms with Crippen LogP contribution in [0.5, 0.6) is 0 Å². The molecule has 2 heterocycles. The molecule has 0 bridgehead atoms. The third-order valence-corrected chi connectivity index (χ3v) is 3.45. The van der Waals surface area contributed by atoms with Crippen molar-refractivity contribution in [3.63, 3.8) is 0 Å². The number of carbonyl (C=O) groups excluding carboxylic acids is 1. The number of carbonyl (C=O) groups is 1. The lowest BCUT2D eigenvalue weighted by Crippen LogP contribution is -2.27. The molecule has 2 rings (SSSR count). The Morgan fingerprint density at radius 3 is 2.69 bits per heavy atom. The summed E-state index contributed by atoms with van der Waals surface area (Å²) < 4.78 is 0. The lowest BCUT2D eigenvalue weighted by Gasteiger charge is -2.14. The van der Waals surface area contributed by atoms with Gasteiger partial charge in [0.05, 0.1) is 4.88 Å². The zero-order valence-electron chi connectivity index (χ0n) is 7.75. The van der Waals surface area contributed by atoms with Gasteiger partial charge in [-0.1, -0.05) is 0 Å². The van der Waals surface area contributed by atoms with Gasteiger partial charge in [0.1, 0.15) is 0 Å². The van der Waals surface area contributed by atoms with E-state index in [1.807, 2.05) is 23.3 Å². The standard InChI is InChI=1S/C10H13NOS/c1-8-4-7-13-9(8)10(12)11-5-2-3-6-11/h4,7H,2-3,5-6H2,1H3. The third-order valence-electron chi connectivity index (χ3n) is 2.45. The highest BCUT2D eigenvalue weighted by molar-refractivity contribution is 7.12. The topological polar surface area (TPSA) is 20.3 Å². The van der Waals surface area contributed by atoms with Crippen molar-refractivity contribution in [1.29, 1.82) is 0 Å². The Kier molecular flexibility index (Phi) is 2.36. The normalized spacial score (nSPS) is 16.5.